The molecule has 0 aromatic carbocycles. The van der Waals surface area contributed by atoms with Crippen molar-refractivity contribution < 1.29 is 14.0 Å². The minimum atomic E-state index is -1.69. The number of aromatic nitrogens is 1. The molecule has 0 aliphatic carbocycles. The molecule has 0 amide bonds. The van der Waals surface area contributed by atoms with Crippen LogP contribution in [0.2, 0.25) is 18.1 Å². The summed E-state index contributed by atoms with van der Waals surface area (Å²) in [5, 5.41) is 0.242. The molecular weight excluding hydrogens is 332 g/mol. The minimum Gasteiger partial charge on any atom is -0.464 e. The zero-order chi connectivity index (χ0) is 18.8. The van der Waals surface area contributed by atoms with E-state index < -0.39 is 8.32 Å². The number of fused-ring (bicyclic) bond motifs is 1. The van der Waals surface area contributed by atoms with E-state index >= 15 is 0 Å². The smallest absolute Gasteiger partial charge is 0.356 e. The number of pyridine rings is 1. The van der Waals surface area contributed by atoms with E-state index in [4.69, 9.17) is 9.16 Å². The Morgan fingerprint density at radius 1 is 1.36 bits per heavy atom. The topological polar surface area (TPSA) is 51.7 Å². The summed E-state index contributed by atoms with van der Waals surface area (Å²) in [7, 11) is -0.295. The van der Waals surface area contributed by atoms with Crippen molar-refractivity contribution in [2.75, 3.05) is 26.8 Å². The number of hydrogen-bond acceptors (Lipinski definition) is 5. The molecule has 5 nitrogen and oxygen atoms in total. The van der Waals surface area contributed by atoms with Gasteiger partial charge in [-0.2, -0.15) is 0 Å². The van der Waals surface area contributed by atoms with Crippen LogP contribution in [0, 0.1) is 6.92 Å². The maximum Gasteiger partial charge on any atom is 0.356 e. The van der Waals surface area contributed by atoms with Gasteiger partial charge in [0.05, 0.1) is 7.11 Å². The molecule has 0 atom stereocenters. The maximum absolute atomic E-state index is 11.7. The largest absolute Gasteiger partial charge is 0.464 e. The molecule has 1 aliphatic rings. The van der Waals surface area contributed by atoms with Gasteiger partial charge in [0, 0.05) is 38.4 Å². The fourth-order valence-corrected chi connectivity index (χ4v) is 3.84. The van der Waals surface area contributed by atoms with Crippen LogP contribution in [-0.4, -0.2) is 51.0 Å². The Hall–Kier alpha value is -1.24. The summed E-state index contributed by atoms with van der Waals surface area (Å²) in [6.07, 6.45) is 0.862. The highest BCUT2D eigenvalue weighted by molar-refractivity contribution is 6.74. The molecule has 0 bridgehead atoms. The maximum atomic E-state index is 11.7. The normalized spacial score (nSPS) is 15.8. The van der Waals surface area contributed by atoms with Gasteiger partial charge in [0.1, 0.15) is 5.69 Å². The molecule has 2 rings (SSSR count). The minimum absolute atomic E-state index is 0.242. The molecule has 0 radical (unpaired) electrons. The molecule has 1 aromatic rings. The third-order valence-electron chi connectivity index (χ3n) is 5.55. The number of rotatable bonds is 5. The lowest BCUT2D eigenvalue weighted by Crippen LogP contribution is -2.43. The molecule has 1 aromatic heterocycles. The number of ether oxygens (including phenoxy) is 1. The summed E-state index contributed by atoms with van der Waals surface area (Å²) in [6, 6.07) is 1.83. The summed E-state index contributed by atoms with van der Waals surface area (Å²) >= 11 is 0. The Bertz CT molecular complexity index is 638. The van der Waals surface area contributed by atoms with Gasteiger partial charge in [0.25, 0.3) is 0 Å². The second-order valence-electron chi connectivity index (χ2n) is 8.38. The Kier molecular flexibility index (Phi) is 6.07. The molecule has 1 aliphatic heterocycles. The average Bonchev–Trinajstić information content (AvgIpc) is 2.53. The van der Waals surface area contributed by atoms with Crippen LogP contribution in [0.25, 0.3) is 0 Å². The number of aryl methyl sites for hydroxylation is 1. The Labute approximate surface area is 152 Å². The Morgan fingerprint density at radius 3 is 2.64 bits per heavy atom. The zero-order valence-electron chi connectivity index (χ0n) is 16.7. The lowest BCUT2D eigenvalue weighted by molar-refractivity contribution is 0.0593. The van der Waals surface area contributed by atoms with Crippen LogP contribution >= 0.6 is 0 Å². The van der Waals surface area contributed by atoms with Crippen molar-refractivity contribution in [1.29, 1.82) is 0 Å². The predicted molar refractivity (Wildman–Crippen MR) is 102 cm³/mol. The van der Waals surface area contributed by atoms with E-state index in [9.17, 15) is 4.79 Å². The van der Waals surface area contributed by atoms with E-state index in [1.165, 1.54) is 12.7 Å². The van der Waals surface area contributed by atoms with E-state index in [1.807, 2.05) is 13.0 Å². The van der Waals surface area contributed by atoms with Crippen molar-refractivity contribution in [2.45, 2.75) is 58.8 Å². The van der Waals surface area contributed by atoms with Crippen LogP contribution in [0.3, 0.4) is 0 Å². The number of esters is 1. The van der Waals surface area contributed by atoms with Gasteiger partial charge in [-0.05, 0) is 42.2 Å². The summed E-state index contributed by atoms with van der Waals surface area (Å²) in [4.78, 5) is 18.6. The number of hydrogen-bond donors (Lipinski definition) is 0. The lowest BCUT2D eigenvalue weighted by atomic mass is 10.00. The highest BCUT2D eigenvalue weighted by Gasteiger charge is 2.37. The molecular formula is C19H32N2O3Si. The van der Waals surface area contributed by atoms with Crippen molar-refractivity contribution >= 4 is 14.3 Å². The second kappa shape index (κ2) is 7.56. The highest BCUT2D eigenvalue weighted by atomic mass is 28.4. The third kappa shape index (κ3) is 4.68. The number of carbonyl (C=O) groups is 1. The van der Waals surface area contributed by atoms with Crippen molar-refractivity contribution in [2.24, 2.45) is 0 Å². The summed E-state index contributed by atoms with van der Waals surface area (Å²) < 4.78 is 11.1. The molecule has 0 spiro atoms. The second-order valence-corrected chi connectivity index (χ2v) is 13.2. The van der Waals surface area contributed by atoms with E-state index in [2.05, 4.69) is 43.7 Å². The van der Waals surface area contributed by atoms with Crippen LogP contribution in [0.1, 0.15) is 48.1 Å². The van der Waals surface area contributed by atoms with Crippen molar-refractivity contribution in [3.05, 3.63) is 28.6 Å². The Morgan fingerprint density at radius 2 is 2.04 bits per heavy atom. The van der Waals surface area contributed by atoms with E-state index in [0.717, 1.165) is 43.9 Å². The van der Waals surface area contributed by atoms with Crippen LogP contribution in [-0.2, 0) is 22.1 Å². The fourth-order valence-electron chi connectivity index (χ4n) is 2.80. The molecule has 0 fully saturated rings. The van der Waals surface area contributed by atoms with Gasteiger partial charge >= 0.3 is 5.97 Å². The summed E-state index contributed by atoms with van der Waals surface area (Å²) in [5.74, 6) is -0.365. The first kappa shape index (κ1) is 20.1. The summed E-state index contributed by atoms with van der Waals surface area (Å²) in [6.45, 7) is 17.0. The van der Waals surface area contributed by atoms with E-state index in [1.54, 1.807) is 0 Å². The third-order valence-corrected chi connectivity index (χ3v) is 10.1. The zero-order valence-corrected chi connectivity index (χ0v) is 17.7. The van der Waals surface area contributed by atoms with Gasteiger partial charge in [-0.15, -0.1) is 0 Å². The molecule has 25 heavy (non-hydrogen) atoms. The van der Waals surface area contributed by atoms with Gasteiger partial charge in [-0.3, -0.25) is 4.90 Å². The predicted octanol–water partition coefficient (Wildman–Crippen LogP) is 3.56. The molecule has 0 N–H and O–H groups in total. The van der Waals surface area contributed by atoms with Gasteiger partial charge in [0.2, 0.25) is 0 Å². The molecule has 140 valence electrons. The number of carbonyl (C=O) groups excluding carboxylic acids is 1. The lowest BCUT2D eigenvalue weighted by Gasteiger charge is -2.37. The van der Waals surface area contributed by atoms with Gasteiger partial charge in [-0.25, -0.2) is 9.78 Å². The molecule has 2 heterocycles. The fraction of sp³-hybridized carbons (Fsp3) is 0.684. The van der Waals surface area contributed by atoms with Crippen LogP contribution in [0.4, 0.5) is 0 Å². The first-order valence-electron chi connectivity index (χ1n) is 8.99. The van der Waals surface area contributed by atoms with Crippen molar-refractivity contribution in [3.63, 3.8) is 0 Å². The monoisotopic (exact) mass is 364 g/mol. The summed E-state index contributed by atoms with van der Waals surface area (Å²) in [5.41, 5.74) is 3.79. The molecule has 0 unspecified atom stereocenters. The Balaban J connectivity index is 1.99. The molecule has 0 saturated carbocycles. The molecule has 6 heteroatoms. The van der Waals surface area contributed by atoms with E-state index in [0.29, 0.717) is 5.69 Å². The average molecular weight is 365 g/mol. The van der Waals surface area contributed by atoms with Crippen LogP contribution in [0.5, 0.6) is 0 Å². The standard InChI is InChI=1S/C19H32N2O3Si/c1-14-12-17(18(22)23-5)20-16-8-9-21(13-15(14)16)10-11-24-25(6,7)19(2,3)4/h12H,8-11,13H2,1-7H3. The van der Waals surface area contributed by atoms with E-state index in [-0.39, 0.29) is 11.0 Å². The number of nitrogens with zero attached hydrogens (tertiary/aromatic N) is 2. The quantitative estimate of drug-likeness (QED) is 0.591. The van der Waals surface area contributed by atoms with Crippen LogP contribution in [0.15, 0.2) is 6.07 Å². The first-order chi connectivity index (χ1) is 11.5. The molecule has 0 saturated heterocycles. The van der Waals surface area contributed by atoms with Gasteiger partial charge in [-0.1, -0.05) is 20.8 Å². The van der Waals surface area contributed by atoms with Gasteiger partial charge < -0.3 is 9.16 Å². The van der Waals surface area contributed by atoms with Crippen molar-refractivity contribution in [1.82, 2.24) is 9.88 Å². The van der Waals surface area contributed by atoms with Crippen LogP contribution < -0.4 is 0 Å². The first-order valence-corrected chi connectivity index (χ1v) is 11.9. The SMILES string of the molecule is COC(=O)c1cc(C)c2c(n1)CCN(CCO[Si](C)(C)C(C)(C)C)C2. The van der Waals surface area contributed by atoms with Gasteiger partial charge in [0.15, 0.2) is 8.32 Å². The van der Waals surface area contributed by atoms with Crippen molar-refractivity contribution in [3.8, 4) is 0 Å². The highest BCUT2D eigenvalue weighted by Crippen LogP contribution is 2.36. The number of methoxy groups -OCH3 is 1.